The van der Waals surface area contributed by atoms with Crippen LogP contribution in [0.1, 0.15) is 18.9 Å². The monoisotopic (exact) mass is 296 g/mol. The largest absolute Gasteiger partial charge is 0.313 e. The third-order valence-electron chi connectivity index (χ3n) is 3.69. The SMILES string of the molecule is CCN(C(=O)CCN(C)Cc1ccccc1)c1ccccc1. The molecule has 22 heavy (non-hydrogen) atoms. The van der Waals surface area contributed by atoms with Crippen LogP contribution in [0.2, 0.25) is 0 Å². The zero-order valence-corrected chi connectivity index (χ0v) is 13.4. The normalized spacial score (nSPS) is 10.7. The van der Waals surface area contributed by atoms with Crippen LogP contribution in [0.5, 0.6) is 0 Å². The van der Waals surface area contributed by atoms with Crippen LogP contribution >= 0.6 is 0 Å². The fraction of sp³-hybridized carbons (Fsp3) is 0.316. The Morgan fingerprint density at radius 1 is 0.955 bits per heavy atom. The van der Waals surface area contributed by atoms with E-state index in [1.54, 1.807) is 0 Å². The van der Waals surface area contributed by atoms with E-state index in [4.69, 9.17) is 0 Å². The van der Waals surface area contributed by atoms with Gasteiger partial charge >= 0.3 is 0 Å². The maximum Gasteiger partial charge on any atom is 0.228 e. The zero-order valence-electron chi connectivity index (χ0n) is 13.4. The molecule has 0 atom stereocenters. The minimum Gasteiger partial charge on any atom is -0.313 e. The van der Waals surface area contributed by atoms with Gasteiger partial charge in [0.05, 0.1) is 0 Å². The highest BCUT2D eigenvalue weighted by Gasteiger charge is 2.14. The lowest BCUT2D eigenvalue weighted by molar-refractivity contribution is -0.118. The molecule has 0 aromatic heterocycles. The number of amides is 1. The molecule has 116 valence electrons. The van der Waals surface area contributed by atoms with E-state index in [9.17, 15) is 4.79 Å². The summed E-state index contributed by atoms with van der Waals surface area (Å²) in [4.78, 5) is 16.5. The number of nitrogens with zero attached hydrogens (tertiary/aromatic N) is 2. The number of para-hydroxylation sites is 1. The van der Waals surface area contributed by atoms with Crippen molar-refractivity contribution >= 4 is 11.6 Å². The number of anilines is 1. The number of carbonyl (C=O) groups excluding carboxylic acids is 1. The van der Waals surface area contributed by atoms with Gasteiger partial charge in [0.2, 0.25) is 5.91 Å². The molecule has 0 radical (unpaired) electrons. The maximum atomic E-state index is 12.4. The third kappa shape index (κ3) is 4.71. The van der Waals surface area contributed by atoms with Gasteiger partial charge in [-0.25, -0.2) is 0 Å². The molecular formula is C19H24N2O. The molecule has 2 rings (SSSR count). The fourth-order valence-corrected chi connectivity index (χ4v) is 2.51. The lowest BCUT2D eigenvalue weighted by Crippen LogP contribution is -2.33. The summed E-state index contributed by atoms with van der Waals surface area (Å²) in [5, 5.41) is 0. The first-order valence-corrected chi connectivity index (χ1v) is 7.78. The molecule has 0 aliphatic carbocycles. The molecule has 3 nitrogen and oxygen atoms in total. The first-order chi connectivity index (χ1) is 10.7. The molecule has 1 amide bonds. The number of carbonyl (C=O) groups is 1. The highest BCUT2D eigenvalue weighted by Crippen LogP contribution is 2.14. The molecule has 0 spiro atoms. The van der Waals surface area contributed by atoms with Gasteiger partial charge in [-0.3, -0.25) is 4.79 Å². The van der Waals surface area contributed by atoms with Gasteiger partial charge in [-0.1, -0.05) is 48.5 Å². The van der Waals surface area contributed by atoms with Crippen LogP contribution in [0.4, 0.5) is 5.69 Å². The van der Waals surface area contributed by atoms with Crippen molar-refractivity contribution in [2.75, 3.05) is 25.0 Å². The van der Waals surface area contributed by atoms with E-state index in [0.717, 1.165) is 18.8 Å². The number of hydrogen-bond acceptors (Lipinski definition) is 2. The number of rotatable bonds is 7. The van der Waals surface area contributed by atoms with E-state index in [1.807, 2.05) is 60.4 Å². The van der Waals surface area contributed by atoms with Crippen molar-refractivity contribution in [3.8, 4) is 0 Å². The first-order valence-electron chi connectivity index (χ1n) is 7.78. The lowest BCUT2D eigenvalue weighted by atomic mass is 10.2. The van der Waals surface area contributed by atoms with E-state index < -0.39 is 0 Å². The second-order valence-electron chi connectivity index (χ2n) is 5.45. The van der Waals surface area contributed by atoms with Crippen LogP contribution in [-0.2, 0) is 11.3 Å². The first kappa shape index (κ1) is 16.2. The summed E-state index contributed by atoms with van der Waals surface area (Å²) in [7, 11) is 2.05. The molecule has 2 aromatic rings. The van der Waals surface area contributed by atoms with Crippen LogP contribution in [0.3, 0.4) is 0 Å². The lowest BCUT2D eigenvalue weighted by Gasteiger charge is -2.23. The molecule has 2 aromatic carbocycles. The second-order valence-corrected chi connectivity index (χ2v) is 5.45. The van der Waals surface area contributed by atoms with E-state index in [0.29, 0.717) is 13.0 Å². The molecular weight excluding hydrogens is 272 g/mol. The third-order valence-corrected chi connectivity index (χ3v) is 3.69. The summed E-state index contributed by atoms with van der Waals surface area (Å²) in [5.74, 6) is 0.175. The summed E-state index contributed by atoms with van der Waals surface area (Å²) < 4.78 is 0. The maximum absolute atomic E-state index is 12.4. The van der Waals surface area contributed by atoms with Gasteiger partial charge in [0, 0.05) is 31.7 Å². The summed E-state index contributed by atoms with van der Waals surface area (Å²) in [6.45, 7) is 4.34. The van der Waals surface area contributed by atoms with Crippen LogP contribution < -0.4 is 4.90 Å². The van der Waals surface area contributed by atoms with Crippen LogP contribution in [-0.4, -0.2) is 30.9 Å². The molecule has 0 fully saturated rings. The second kappa shape index (κ2) is 8.35. The average molecular weight is 296 g/mol. The highest BCUT2D eigenvalue weighted by molar-refractivity contribution is 5.93. The van der Waals surface area contributed by atoms with Gasteiger partial charge in [0.1, 0.15) is 0 Å². The Labute approximate surface area is 133 Å². The van der Waals surface area contributed by atoms with Crippen molar-refractivity contribution in [1.82, 2.24) is 4.90 Å². The van der Waals surface area contributed by atoms with E-state index in [1.165, 1.54) is 5.56 Å². The van der Waals surface area contributed by atoms with Crippen LogP contribution in [0, 0.1) is 0 Å². The fourth-order valence-electron chi connectivity index (χ4n) is 2.51. The van der Waals surface area contributed by atoms with Crippen LogP contribution in [0.15, 0.2) is 60.7 Å². The van der Waals surface area contributed by atoms with Gasteiger partial charge < -0.3 is 9.80 Å². The van der Waals surface area contributed by atoms with Crippen molar-refractivity contribution < 1.29 is 4.79 Å². The van der Waals surface area contributed by atoms with Crippen molar-refractivity contribution in [3.63, 3.8) is 0 Å². The van der Waals surface area contributed by atoms with E-state index in [2.05, 4.69) is 24.1 Å². The van der Waals surface area contributed by atoms with Crippen LogP contribution in [0.25, 0.3) is 0 Å². The Hall–Kier alpha value is -2.13. The zero-order chi connectivity index (χ0) is 15.8. The van der Waals surface area contributed by atoms with E-state index in [-0.39, 0.29) is 5.91 Å². The molecule has 0 bridgehead atoms. The van der Waals surface area contributed by atoms with Crippen molar-refractivity contribution in [2.24, 2.45) is 0 Å². The quantitative estimate of drug-likeness (QED) is 0.780. The Morgan fingerprint density at radius 2 is 1.55 bits per heavy atom. The van der Waals surface area contributed by atoms with Crippen molar-refractivity contribution in [3.05, 3.63) is 66.2 Å². The minimum absolute atomic E-state index is 0.175. The molecule has 0 unspecified atom stereocenters. The van der Waals surface area contributed by atoms with Gasteiger partial charge in [-0.05, 0) is 31.7 Å². The topological polar surface area (TPSA) is 23.6 Å². The number of hydrogen-bond donors (Lipinski definition) is 0. The van der Waals surface area contributed by atoms with Gasteiger partial charge in [-0.15, -0.1) is 0 Å². The molecule has 0 heterocycles. The molecule has 0 saturated heterocycles. The Kier molecular flexibility index (Phi) is 6.16. The molecule has 3 heteroatoms. The van der Waals surface area contributed by atoms with Crippen molar-refractivity contribution in [2.45, 2.75) is 19.9 Å². The number of benzene rings is 2. The Balaban J connectivity index is 1.86. The average Bonchev–Trinajstić information content (AvgIpc) is 2.55. The molecule has 0 aliphatic rings. The Bertz CT molecular complexity index is 569. The minimum atomic E-state index is 0.175. The van der Waals surface area contributed by atoms with Gasteiger partial charge in [-0.2, -0.15) is 0 Å². The molecule has 0 aliphatic heterocycles. The van der Waals surface area contributed by atoms with Gasteiger partial charge in [0.25, 0.3) is 0 Å². The molecule has 0 saturated carbocycles. The summed E-state index contributed by atoms with van der Waals surface area (Å²) in [5.41, 5.74) is 2.24. The highest BCUT2D eigenvalue weighted by atomic mass is 16.2. The van der Waals surface area contributed by atoms with E-state index >= 15 is 0 Å². The van der Waals surface area contributed by atoms with Crippen molar-refractivity contribution in [1.29, 1.82) is 0 Å². The summed E-state index contributed by atoms with van der Waals surface area (Å²) in [6, 6.07) is 20.2. The summed E-state index contributed by atoms with van der Waals surface area (Å²) in [6.07, 6.45) is 0.534. The smallest absolute Gasteiger partial charge is 0.228 e. The molecule has 0 N–H and O–H groups in total. The predicted octanol–water partition coefficient (Wildman–Crippen LogP) is 3.56. The van der Waals surface area contributed by atoms with Gasteiger partial charge in [0.15, 0.2) is 0 Å². The standard InChI is InChI=1S/C19H24N2O/c1-3-21(18-12-8-5-9-13-18)19(22)14-15-20(2)16-17-10-6-4-7-11-17/h4-13H,3,14-16H2,1-2H3. The predicted molar refractivity (Wildman–Crippen MR) is 91.9 cm³/mol. The summed E-state index contributed by atoms with van der Waals surface area (Å²) >= 11 is 0. The Morgan fingerprint density at radius 3 is 2.14 bits per heavy atom.